The van der Waals surface area contributed by atoms with Crippen LogP contribution in [0.4, 0.5) is 0 Å². The summed E-state index contributed by atoms with van der Waals surface area (Å²) in [6, 6.07) is 0. The van der Waals surface area contributed by atoms with Crippen LogP contribution in [0.25, 0.3) is 0 Å². The number of nitrogens with zero attached hydrogens (tertiary/aromatic N) is 2. The predicted octanol–water partition coefficient (Wildman–Crippen LogP) is 4.54. The maximum absolute atomic E-state index is 2.74. The SMILES string of the molecule is CN(C)CCCN1CCC2(CC1)CCC1(CCCCC1)CC2. The van der Waals surface area contributed by atoms with Crippen LogP contribution in [0, 0.1) is 10.8 Å². The van der Waals surface area contributed by atoms with Crippen molar-refractivity contribution in [3.63, 3.8) is 0 Å². The molecule has 0 radical (unpaired) electrons. The van der Waals surface area contributed by atoms with Gasteiger partial charge in [-0.1, -0.05) is 19.3 Å². The highest BCUT2D eigenvalue weighted by atomic mass is 15.1. The fraction of sp³-hybridized carbons (Fsp3) is 1.00. The van der Waals surface area contributed by atoms with Crippen LogP contribution < -0.4 is 0 Å². The molecule has 0 bridgehead atoms. The Morgan fingerprint density at radius 2 is 1.27 bits per heavy atom. The van der Waals surface area contributed by atoms with E-state index in [4.69, 9.17) is 0 Å². The van der Waals surface area contributed by atoms with Gasteiger partial charge in [0.25, 0.3) is 0 Å². The third-order valence-electron chi connectivity index (χ3n) is 7.28. The Morgan fingerprint density at radius 1 is 0.727 bits per heavy atom. The van der Waals surface area contributed by atoms with Crippen molar-refractivity contribution in [2.24, 2.45) is 10.8 Å². The largest absolute Gasteiger partial charge is 0.309 e. The minimum absolute atomic E-state index is 0.751. The van der Waals surface area contributed by atoms with Crippen molar-refractivity contribution in [3.05, 3.63) is 0 Å². The molecule has 2 saturated carbocycles. The molecule has 2 spiro atoms. The van der Waals surface area contributed by atoms with E-state index in [1.54, 1.807) is 38.5 Å². The fourth-order valence-corrected chi connectivity index (χ4v) is 5.47. The molecule has 0 amide bonds. The van der Waals surface area contributed by atoms with Crippen molar-refractivity contribution in [2.75, 3.05) is 40.3 Å². The fourth-order valence-electron chi connectivity index (χ4n) is 5.47. The average molecular weight is 307 g/mol. The van der Waals surface area contributed by atoms with Crippen LogP contribution in [0.3, 0.4) is 0 Å². The Kier molecular flexibility index (Phi) is 5.50. The summed E-state index contributed by atoms with van der Waals surface area (Å²) >= 11 is 0. The summed E-state index contributed by atoms with van der Waals surface area (Å²) in [5.74, 6) is 0. The van der Waals surface area contributed by atoms with E-state index in [1.165, 1.54) is 64.7 Å². The maximum Gasteiger partial charge on any atom is -0.000654 e. The van der Waals surface area contributed by atoms with E-state index in [9.17, 15) is 0 Å². The summed E-state index contributed by atoms with van der Waals surface area (Å²) in [4.78, 5) is 5.05. The van der Waals surface area contributed by atoms with Gasteiger partial charge >= 0.3 is 0 Å². The van der Waals surface area contributed by atoms with Gasteiger partial charge in [-0.05, 0) is 109 Å². The van der Waals surface area contributed by atoms with Crippen LogP contribution in [0.2, 0.25) is 0 Å². The summed E-state index contributed by atoms with van der Waals surface area (Å²) in [7, 11) is 4.38. The molecule has 1 aliphatic heterocycles. The van der Waals surface area contributed by atoms with Crippen LogP contribution >= 0.6 is 0 Å². The molecule has 2 heteroatoms. The zero-order valence-electron chi connectivity index (χ0n) is 15.2. The molecule has 3 fully saturated rings. The standard InChI is InChI=1S/C20H38N2/c1-21(2)15-6-16-22-17-13-20(14-18-22)11-9-19(10-12-20)7-4-3-5-8-19/h3-18H2,1-2H3. The first kappa shape index (κ1) is 16.8. The topological polar surface area (TPSA) is 6.48 Å². The van der Waals surface area contributed by atoms with Crippen molar-refractivity contribution < 1.29 is 0 Å². The second-order valence-corrected chi connectivity index (χ2v) is 9.06. The molecule has 22 heavy (non-hydrogen) atoms. The molecule has 3 aliphatic rings. The van der Waals surface area contributed by atoms with E-state index in [1.807, 2.05) is 0 Å². The van der Waals surface area contributed by atoms with E-state index in [0.717, 1.165) is 10.8 Å². The lowest BCUT2D eigenvalue weighted by atomic mass is 9.57. The first-order chi connectivity index (χ1) is 10.6. The highest BCUT2D eigenvalue weighted by Gasteiger charge is 2.43. The molecular formula is C20H38N2. The third-order valence-corrected chi connectivity index (χ3v) is 7.28. The maximum atomic E-state index is 2.74. The highest BCUT2D eigenvalue weighted by molar-refractivity contribution is 4.96. The Morgan fingerprint density at radius 3 is 1.82 bits per heavy atom. The summed E-state index contributed by atoms with van der Waals surface area (Å²) in [5.41, 5.74) is 1.55. The van der Waals surface area contributed by atoms with Gasteiger partial charge in [-0.2, -0.15) is 0 Å². The number of hydrogen-bond donors (Lipinski definition) is 0. The van der Waals surface area contributed by atoms with E-state index >= 15 is 0 Å². The Bertz CT molecular complexity index is 324. The van der Waals surface area contributed by atoms with Crippen LogP contribution in [0.5, 0.6) is 0 Å². The van der Waals surface area contributed by atoms with E-state index in [0.29, 0.717) is 0 Å². The quantitative estimate of drug-likeness (QED) is 0.752. The highest BCUT2D eigenvalue weighted by Crippen LogP contribution is 2.55. The second kappa shape index (κ2) is 7.21. The van der Waals surface area contributed by atoms with E-state index < -0.39 is 0 Å². The molecule has 0 aromatic heterocycles. The van der Waals surface area contributed by atoms with Crippen molar-refractivity contribution in [1.29, 1.82) is 0 Å². The van der Waals surface area contributed by atoms with Crippen LogP contribution in [-0.4, -0.2) is 50.1 Å². The monoisotopic (exact) mass is 306 g/mol. The van der Waals surface area contributed by atoms with E-state index in [2.05, 4.69) is 23.9 Å². The van der Waals surface area contributed by atoms with Crippen molar-refractivity contribution >= 4 is 0 Å². The van der Waals surface area contributed by atoms with Crippen LogP contribution in [0.1, 0.15) is 77.0 Å². The molecule has 0 N–H and O–H groups in total. The zero-order valence-corrected chi connectivity index (χ0v) is 15.2. The van der Waals surface area contributed by atoms with Gasteiger partial charge in [-0.25, -0.2) is 0 Å². The van der Waals surface area contributed by atoms with Gasteiger partial charge in [0, 0.05) is 0 Å². The number of likely N-dealkylation sites (tertiary alicyclic amines) is 1. The van der Waals surface area contributed by atoms with Crippen molar-refractivity contribution in [1.82, 2.24) is 9.80 Å². The van der Waals surface area contributed by atoms with Crippen LogP contribution in [0.15, 0.2) is 0 Å². The zero-order chi connectivity index (χ0) is 15.5. The lowest BCUT2D eigenvalue weighted by Gasteiger charge is -2.51. The smallest absolute Gasteiger partial charge is 0.000654 e. The average Bonchev–Trinajstić information content (AvgIpc) is 2.53. The summed E-state index contributed by atoms with van der Waals surface area (Å²) in [6.45, 7) is 5.31. The molecule has 0 unspecified atom stereocenters. The summed E-state index contributed by atoms with van der Waals surface area (Å²) in [5, 5.41) is 0. The first-order valence-electron chi connectivity index (χ1n) is 9.99. The van der Waals surface area contributed by atoms with Crippen molar-refractivity contribution in [2.45, 2.75) is 77.0 Å². The second-order valence-electron chi connectivity index (χ2n) is 9.06. The van der Waals surface area contributed by atoms with Gasteiger partial charge in [0.05, 0.1) is 0 Å². The van der Waals surface area contributed by atoms with Gasteiger partial charge in [0.1, 0.15) is 0 Å². The van der Waals surface area contributed by atoms with Gasteiger partial charge in [-0.15, -0.1) is 0 Å². The first-order valence-corrected chi connectivity index (χ1v) is 9.99. The van der Waals surface area contributed by atoms with Gasteiger partial charge in [0.2, 0.25) is 0 Å². The molecule has 1 heterocycles. The Labute approximate surface area is 138 Å². The van der Waals surface area contributed by atoms with E-state index in [-0.39, 0.29) is 0 Å². The Hall–Kier alpha value is -0.0800. The summed E-state index contributed by atoms with van der Waals surface area (Å²) < 4.78 is 0. The molecule has 2 aliphatic carbocycles. The van der Waals surface area contributed by atoms with Gasteiger partial charge in [-0.3, -0.25) is 0 Å². The minimum atomic E-state index is 0.751. The molecule has 3 rings (SSSR count). The Balaban J connectivity index is 1.41. The molecule has 1 saturated heterocycles. The third kappa shape index (κ3) is 4.06. The normalized spacial score (nSPS) is 28.5. The number of piperidine rings is 1. The number of hydrogen-bond acceptors (Lipinski definition) is 2. The number of rotatable bonds is 4. The summed E-state index contributed by atoms with van der Waals surface area (Å²) in [6.07, 6.45) is 18.2. The molecule has 0 atom stereocenters. The van der Waals surface area contributed by atoms with Gasteiger partial charge in [0.15, 0.2) is 0 Å². The molecule has 128 valence electrons. The van der Waals surface area contributed by atoms with Gasteiger partial charge < -0.3 is 9.80 Å². The van der Waals surface area contributed by atoms with Crippen LogP contribution in [-0.2, 0) is 0 Å². The molecule has 0 aromatic carbocycles. The molecule has 2 nitrogen and oxygen atoms in total. The lowest BCUT2D eigenvalue weighted by molar-refractivity contribution is 0.00261. The molecule has 0 aromatic rings. The minimum Gasteiger partial charge on any atom is -0.309 e. The predicted molar refractivity (Wildman–Crippen MR) is 95.3 cm³/mol. The molecular weight excluding hydrogens is 268 g/mol. The van der Waals surface area contributed by atoms with Crippen molar-refractivity contribution in [3.8, 4) is 0 Å². The lowest BCUT2D eigenvalue weighted by Crippen LogP contribution is -2.44.